The van der Waals surface area contributed by atoms with Gasteiger partial charge in [-0.05, 0) is 64.1 Å². The summed E-state index contributed by atoms with van der Waals surface area (Å²) in [6, 6.07) is 0. The predicted octanol–water partition coefficient (Wildman–Crippen LogP) is 2.45. The summed E-state index contributed by atoms with van der Waals surface area (Å²) in [5, 5.41) is 17.2. The maximum Gasteiger partial charge on any atom is 0.405 e. The Balaban J connectivity index is 2.01. The molecule has 0 radical (unpaired) electrons. The van der Waals surface area contributed by atoms with Crippen molar-refractivity contribution in [3.63, 3.8) is 0 Å². The molecule has 12 heteroatoms. The molecule has 1 saturated heterocycles. The van der Waals surface area contributed by atoms with Gasteiger partial charge in [0.05, 0.1) is 23.6 Å². The van der Waals surface area contributed by atoms with E-state index >= 15 is 0 Å². The second kappa shape index (κ2) is 17.4. The van der Waals surface area contributed by atoms with E-state index in [2.05, 4.69) is 15.5 Å². The van der Waals surface area contributed by atoms with E-state index < -0.39 is 48.1 Å². The topological polar surface area (TPSA) is 170 Å². The number of ether oxygens (including phenoxy) is 3. The summed E-state index contributed by atoms with van der Waals surface area (Å²) in [5.74, 6) is -1.99. The number of likely N-dealkylation sites (tertiary alicyclic amines) is 1. The molecule has 3 rings (SSSR count). The van der Waals surface area contributed by atoms with Crippen molar-refractivity contribution in [2.24, 2.45) is 17.6 Å². The molecule has 0 saturated carbocycles. The van der Waals surface area contributed by atoms with E-state index in [0.29, 0.717) is 24.1 Å². The molecule has 2 amide bonds. The van der Waals surface area contributed by atoms with Crippen LogP contribution < -0.4 is 16.4 Å². The average molecular weight is 643 g/mol. The van der Waals surface area contributed by atoms with Crippen molar-refractivity contribution in [3.05, 3.63) is 58.5 Å². The number of aliphatic hydroxyl groups excluding tert-OH is 1. The number of methoxy groups -OCH3 is 2. The lowest BCUT2D eigenvalue weighted by molar-refractivity contribution is -0.120. The summed E-state index contributed by atoms with van der Waals surface area (Å²) in [5.41, 5.74) is 6.66. The van der Waals surface area contributed by atoms with Gasteiger partial charge in [-0.1, -0.05) is 38.2 Å². The van der Waals surface area contributed by atoms with E-state index in [0.717, 1.165) is 32.5 Å². The second-order valence-corrected chi connectivity index (χ2v) is 12.4. The van der Waals surface area contributed by atoms with Crippen LogP contribution in [-0.4, -0.2) is 98.4 Å². The first-order chi connectivity index (χ1) is 21.9. The van der Waals surface area contributed by atoms with E-state index in [4.69, 9.17) is 19.9 Å². The zero-order chi connectivity index (χ0) is 34.0. The summed E-state index contributed by atoms with van der Waals surface area (Å²) in [6.07, 6.45) is 6.29. The van der Waals surface area contributed by atoms with Gasteiger partial charge in [0.2, 0.25) is 11.6 Å². The van der Waals surface area contributed by atoms with Gasteiger partial charge in [0.1, 0.15) is 6.10 Å². The number of hydrogen-bond acceptors (Lipinski definition) is 10. The normalized spacial score (nSPS) is 32.2. The molecular formula is C34H50N4O8. The minimum absolute atomic E-state index is 0.0987. The minimum Gasteiger partial charge on any atom is -0.439 e. The van der Waals surface area contributed by atoms with Gasteiger partial charge in [-0.2, -0.15) is 0 Å². The summed E-state index contributed by atoms with van der Waals surface area (Å²) >= 11 is 0. The number of nitrogens with zero attached hydrogens (tertiary/aromatic N) is 1. The number of primary amides is 1. The van der Waals surface area contributed by atoms with Crippen LogP contribution in [0.5, 0.6) is 0 Å². The van der Waals surface area contributed by atoms with Gasteiger partial charge < -0.3 is 40.6 Å². The molecule has 0 aromatic rings. The lowest BCUT2D eigenvalue weighted by Gasteiger charge is -2.30. The number of nitrogens with two attached hydrogens (primary N) is 1. The highest BCUT2D eigenvalue weighted by Gasteiger charge is 2.33. The molecule has 0 spiro atoms. The first-order valence-corrected chi connectivity index (χ1v) is 15.9. The molecule has 0 aromatic carbocycles. The highest BCUT2D eigenvalue weighted by Crippen LogP contribution is 2.29. The SMILES string of the molecule is CO[C@H]1/C=C\C=C(/C)C(=O)NC2=CC(=O)C(NCCN3CCCC3)=C(C[C@@H](C)C[C@H](OC)[C@H](O)[C@@H](C)/C=C(\C)C1OC(N)=O)C2=O. The zero-order valence-electron chi connectivity index (χ0n) is 27.8. The van der Waals surface area contributed by atoms with Crippen LogP contribution in [0.3, 0.4) is 0 Å². The lowest BCUT2D eigenvalue weighted by atomic mass is 9.85. The van der Waals surface area contributed by atoms with Crippen molar-refractivity contribution in [3.8, 4) is 0 Å². The fraction of sp³-hybridized carbons (Fsp3) is 0.588. The van der Waals surface area contributed by atoms with E-state index in [1.165, 1.54) is 26.4 Å². The van der Waals surface area contributed by atoms with Crippen LogP contribution in [0.4, 0.5) is 4.79 Å². The van der Waals surface area contributed by atoms with Crippen molar-refractivity contribution in [1.82, 2.24) is 15.5 Å². The van der Waals surface area contributed by atoms with Crippen LogP contribution in [0, 0.1) is 11.8 Å². The molecule has 5 N–H and O–H groups in total. The van der Waals surface area contributed by atoms with Crippen LogP contribution in [0.25, 0.3) is 0 Å². The molecule has 3 aliphatic rings. The number of Topliss-reactive ketones (excluding diaryl/α,β-unsaturated/α-hetero) is 1. The third-order valence-electron chi connectivity index (χ3n) is 8.72. The van der Waals surface area contributed by atoms with Gasteiger partial charge in [0.15, 0.2) is 6.10 Å². The fourth-order valence-electron chi connectivity index (χ4n) is 6.12. The van der Waals surface area contributed by atoms with E-state index in [9.17, 15) is 24.3 Å². The molecule has 1 aliphatic carbocycles. The van der Waals surface area contributed by atoms with Crippen molar-refractivity contribution in [2.45, 2.75) is 77.8 Å². The second-order valence-electron chi connectivity index (χ2n) is 12.4. The quantitative estimate of drug-likeness (QED) is 0.239. The molecular weight excluding hydrogens is 592 g/mol. The third kappa shape index (κ3) is 9.96. The van der Waals surface area contributed by atoms with Crippen LogP contribution in [-0.2, 0) is 28.6 Å². The summed E-state index contributed by atoms with van der Waals surface area (Å²) in [6.45, 7) is 10.3. The Hall–Kier alpha value is -3.58. The summed E-state index contributed by atoms with van der Waals surface area (Å²) in [4.78, 5) is 54.4. The molecule has 0 aromatic heterocycles. The van der Waals surface area contributed by atoms with Gasteiger partial charge in [-0.15, -0.1) is 0 Å². The van der Waals surface area contributed by atoms with Gasteiger partial charge in [0.25, 0.3) is 5.91 Å². The van der Waals surface area contributed by atoms with Gasteiger partial charge >= 0.3 is 6.09 Å². The minimum atomic E-state index is -0.993. The predicted molar refractivity (Wildman–Crippen MR) is 173 cm³/mol. The Morgan fingerprint density at radius 3 is 2.46 bits per heavy atom. The number of allylic oxidation sites excluding steroid dienone is 4. The number of hydrogen-bond donors (Lipinski definition) is 4. The Labute approximate surface area is 271 Å². The van der Waals surface area contributed by atoms with Gasteiger partial charge in [-0.3, -0.25) is 14.4 Å². The first kappa shape index (κ1) is 36.9. The van der Waals surface area contributed by atoms with Gasteiger partial charge in [0, 0.05) is 50.4 Å². The largest absolute Gasteiger partial charge is 0.439 e. The Morgan fingerprint density at radius 1 is 1.13 bits per heavy atom. The van der Waals surface area contributed by atoms with Gasteiger partial charge in [-0.25, -0.2) is 4.79 Å². The molecule has 46 heavy (non-hydrogen) atoms. The number of ketones is 2. The number of rotatable bonds is 7. The molecule has 2 bridgehead atoms. The molecule has 1 unspecified atom stereocenters. The molecule has 6 atom stereocenters. The molecule has 2 heterocycles. The fourth-order valence-corrected chi connectivity index (χ4v) is 6.12. The number of amides is 2. The summed E-state index contributed by atoms with van der Waals surface area (Å²) < 4.78 is 16.7. The Morgan fingerprint density at radius 2 is 1.83 bits per heavy atom. The van der Waals surface area contributed by atoms with Crippen molar-refractivity contribution in [1.29, 1.82) is 0 Å². The lowest BCUT2D eigenvalue weighted by Crippen LogP contribution is -2.38. The van der Waals surface area contributed by atoms with Crippen LogP contribution in [0.1, 0.15) is 53.4 Å². The molecule has 1 fully saturated rings. The first-order valence-electron chi connectivity index (χ1n) is 15.9. The van der Waals surface area contributed by atoms with Crippen molar-refractivity contribution < 1.29 is 38.5 Å². The molecule has 254 valence electrons. The third-order valence-corrected chi connectivity index (χ3v) is 8.72. The molecule has 2 aliphatic heterocycles. The monoisotopic (exact) mass is 642 g/mol. The van der Waals surface area contributed by atoms with E-state index in [1.54, 1.807) is 32.1 Å². The van der Waals surface area contributed by atoms with E-state index in [1.807, 2.05) is 13.8 Å². The van der Waals surface area contributed by atoms with Crippen molar-refractivity contribution >= 4 is 23.6 Å². The molecule has 12 nitrogen and oxygen atoms in total. The van der Waals surface area contributed by atoms with Crippen LogP contribution in [0.15, 0.2) is 58.5 Å². The number of fused-ring (bicyclic) bond motifs is 2. The highest BCUT2D eigenvalue weighted by atomic mass is 16.6. The van der Waals surface area contributed by atoms with E-state index in [-0.39, 0.29) is 35.1 Å². The number of nitrogens with one attached hydrogen (secondary N) is 2. The smallest absolute Gasteiger partial charge is 0.405 e. The highest BCUT2D eigenvalue weighted by molar-refractivity contribution is 6.23. The zero-order valence-corrected chi connectivity index (χ0v) is 27.8. The maximum atomic E-state index is 13.8. The number of carbonyl (C=O) groups excluding carboxylic acids is 4. The number of aliphatic hydroxyl groups is 1. The Bertz CT molecular complexity index is 1290. The number of carbonyl (C=O) groups is 4. The van der Waals surface area contributed by atoms with Crippen molar-refractivity contribution in [2.75, 3.05) is 40.4 Å². The Kier molecular flexibility index (Phi) is 13.9. The maximum absolute atomic E-state index is 13.8. The summed E-state index contributed by atoms with van der Waals surface area (Å²) in [7, 11) is 2.95. The standard InChI is InChI=1S/C34H50N4O8/c1-20-16-24-29(36-12-15-38-13-7-8-14-38)26(39)19-25(31(24)41)37-33(42)21(2)10-9-11-27(44-5)32(46-34(35)43)23(4)18-22(3)30(40)28(17-20)45-6/h9-11,18-20,22,27-28,30,32,36,40H,7-8,12-17H2,1-6H3,(H2,35,43)(H,37,42)/b11-9-,21-10+,23-18+/t20-,22+,27+,28+,30-,32?/m1/s1. The van der Waals surface area contributed by atoms with Crippen LogP contribution in [0.2, 0.25) is 0 Å². The van der Waals surface area contributed by atoms with Crippen LogP contribution >= 0.6 is 0 Å². The average Bonchev–Trinajstić information content (AvgIpc) is 3.53.